The van der Waals surface area contributed by atoms with Crippen LogP contribution < -0.4 is 11.1 Å². The highest BCUT2D eigenvalue weighted by atomic mass is 19.1. The summed E-state index contributed by atoms with van der Waals surface area (Å²) in [5, 5.41) is 2.78. The molecule has 0 aliphatic carbocycles. The van der Waals surface area contributed by atoms with Crippen LogP contribution in [0.2, 0.25) is 0 Å². The molecule has 0 spiro atoms. The molecular weight excluding hydrogens is 285 g/mol. The van der Waals surface area contributed by atoms with E-state index in [1.807, 2.05) is 0 Å². The lowest BCUT2D eigenvalue weighted by molar-refractivity contribution is 0.222. The molecule has 2 aromatic rings. The number of anilines is 2. The van der Waals surface area contributed by atoms with Gasteiger partial charge in [0.2, 0.25) is 5.95 Å². The largest absolute Gasteiger partial charge is 0.368 e. The summed E-state index contributed by atoms with van der Waals surface area (Å²) in [5.41, 5.74) is 6.69. The molecule has 0 atom stereocenters. The number of nitrogens with zero attached hydrogens (tertiary/aromatic N) is 3. The lowest BCUT2D eigenvalue weighted by Crippen LogP contribution is -2.32. The van der Waals surface area contributed by atoms with Crippen molar-refractivity contribution in [2.75, 3.05) is 24.1 Å². The van der Waals surface area contributed by atoms with Crippen molar-refractivity contribution in [1.82, 2.24) is 14.9 Å². The number of likely N-dealkylation sites (tertiary alicyclic amines) is 1. The van der Waals surface area contributed by atoms with Gasteiger partial charge in [-0.05, 0) is 37.1 Å². The molecule has 7 heteroatoms. The smallest absolute Gasteiger partial charge is 0.321 e. The standard InChI is InChI=1S/C15H16FN5O/c16-12-4-3-10(19-15(22)21-7-1-2-8-21)9-11(12)13-5-6-18-14(17)20-13/h3-6,9H,1-2,7-8H2,(H,19,22)(H2,17,18,20). The Balaban J connectivity index is 1.85. The van der Waals surface area contributed by atoms with Crippen LogP contribution in [0.25, 0.3) is 11.3 Å². The number of hydrogen-bond donors (Lipinski definition) is 2. The molecule has 3 rings (SSSR count). The Bertz CT molecular complexity index is 700. The van der Waals surface area contributed by atoms with E-state index in [1.54, 1.807) is 17.0 Å². The van der Waals surface area contributed by atoms with Crippen molar-refractivity contribution < 1.29 is 9.18 Å². The van der Waals surface area contributed by atoms with Crippen LogP contribution in [0.15, 0.2) is 30.5 Å². The first-order chi connectivity index (χ1) is 10.6. The van der Waals surface area contributed by atoms with Gasteiger partial charge in [-0.15, -0.1) is 0 Å². The first kappa shape index (κ1) is 14.2. The summed E-state index contributed by atoms with van der Waals surface area (Å²) in [6, 6.07) is 5.77. The topological polar surface area (TPSA) is 84.1 Å². The van der Waals surface area contributed by atoms with Crippen LogP contribution in [0.5, 0.6) is 0 Å². The van der Waals surface area contributed by atoms with Crippen molar-refractivity contribution in [3.05, 3.63) is 36.3 Å². The molecule has 6 nitrogen and oxygen atoms in total. The zero-order chi connectivity index (χ0) is 15.5. The van der Waals surface area contributed by atoms with Crippen molar-refractivity contribution in [1.29, 1.82) is 0 Å². The summed E-state index contributed by atoms with van der Waals surface area (Å²) < 4.78 is 14.0. The van der Waals surface area contributed by atoms with Gasteiger partial charge in [0, 0.05) is 30.5 Å². The van der Waals surface area contributed by atoms with Crippen LogP contribution in [0, 0.1) is 5.82 Å². The van der Waals surface area contributed by atoms with Gasteiger partial charge in [-0.2, -0.15) is 0 Å². The number of halogens is 1. The van der Waals surface area contributed by atoms with Gasteiger partial charge in [0.25, 0.3) is 0 Å². The third-order valence-corrected chi connectivity index (χ3v) is 3.56. The predicted molar refractivity (Wildman–Crippen MR) is 81.7 cm³/mol. The van der Waals surface area contributed by atoms with E-state index in [9.17, 15) is 9.18 Å². The predicted octanol–water partition coefficient (Wildman–Crippen LogP) is 2.49. The van der Waals surface area contributed by atoms with E-state index in [0.717, 1.165) is 25.9 Å². The number of nitrogens with two attached hydrogens (primary N) is 1. The zero-order valence-corrected chi connectivity index (χ0v) is 11.9. The minimum absolute atomic E-state index is 0.0726. The third-order valence-electron chi connectivity index (χ3n) is 3.56. The number of carbonyl (C=O) groups is 1. The van der Waals surface area contributed by atoms with Gasteiger partial charge in [-0.3, -0.25) is 0 Å². The van der Waals surface area contributed by atoms with Crippen LogP contribution in [0.3, 0.4) is 0 Å². The molecular formula is C15H16FN5O. The molecule has 1 aromatic heterocycles. The summed E-state index contributed by atoms with van der Waals surface area (Å²) in [6.07, 6.45) is 3.50. The molecule has 1 aliphatic heterocycles. The van der Waals surface area contributed by atoms with Crippen LogP contribution >= 0.6 is 0 Å². The molecule has 0 radical (unpaired) electrons. The van der Waals surface area contributed by atoms with Gasteiger partial charge >= 0.3 is 6.03 Å². The molecule has 1 saturated heterocycles. The Morgan fingerprint density at radius 2 is 2.05 bits per heavy atom. The number of benzene rings is 1. The Hall–Kier alpha value is -2.70. The number of carbonyl (C=O) groups excluding carboxylic acids is 1. The SMILES string of the molecule is Nc1nccc(-c2cc(NC(=O)N3CCCC3)ccc2F)n1. The number of nitrogen functional groups attached to an aromatic ring is 1. The van der Waals surface area contributed by atoms with E-state index in [4.69, 9.17) is 5.73 Å². The van der Waals surface area contributed by atoms with Gasteiger partial charge in [0.15, 0.2) is 0 Å². The maximum Gasteiger partial charge on any atom is 0.321 e. The zero-order valence-electron chi connectivity index (χ0n) is 11.9. The number of amides is 2. The fraction of sp³-hybridized carbons (Fsp3) is 0.267. The molecule has 1 fully saturated rings. The second-order valence-electron chi connectivity index (χ2n) is 5.12. The van der Waals surface area contributed by atoms with E-state index < -0.39 is 5.82 Å². The van der Waals surface area contributed by atoms with Crippen molar-refractivity contribution in [3.8, 4) is 11.3 Å². The highest BCUT2D eigenvalue weighted by Gasteiger charge is 2.18. The average molecular weight is 301 g/mol. The van der Waals surface area contributed by atoms with E-state index >= 15 is 0 Å². The number of aromatic nitrogens is 2. The lowest BCUT2D eigenvalue weighted by Gasteiger charge is -2.16. The number of urea groups is 1. The Morgan fingerprint density at radius 3 is 2.77 bits per heavy atom. The van der Waals surface area contributed by atoms with Crippen molar-refractivity contribution >= 4 is 17.7 Å². The molecule has 1 aromatic carbocycles. The van der Waals surface area contributed by atoms with Crippen molar-refractivity contribution in [2.24, 2.45) is 0 Å². The summed E-state index contributed by atoms with van der Waals surface area (Å²) in [7, 11) is 0. The molecule has 3 N–H and O–H groups in total. The van der Waals surface area contributed by atoms with E-state index in [-0.39, 0.29) is 17.5 Å². The molecule has 0 bridgehead atoms. The summed E-state index contributed by atoms with van der Waals surface area (Å²) in [4.78, 5) is 21.6. The molecule has 0 saturated carbocycles. The maximum absolute atomic E-state index is 14.0. The van der Waals surface area contributed by atoms with Gasteiger partial charge in [0.05, 0.1) is 5.69 Å². The number of nitrogens with one attached hydrogen (secondary N) is 1. The fourth-order valence-electron chi connectivity index (χ4n) is 2.45. The number of rotatable bonds is 2. The highest BCUT2D eigenvalue weighted by Crippen LogP contribution is 2.25. The second-order valence-corrected chi connectivity index (χ2v) is 5.12. The van der Waals surface area contributed by atoms with Gasteiger partial charge in [-0.1, -0.05) is 0 Å². The van der Waals surface area contributed by atoms with Gasteiger partial charge in [0.1, 0.15) is 5.82 Å². The van der Waals surface area contributed by atoms with Crippen LogP contribution in [0.4, 0.5) is 20.8 Å². The van der Waals surface area contributed by atoms with Crippen molar-refractivity contribution in [2.45, 2.75) is 12.8 Å². The third kappa shape index (κ3) is 2.98. The normalized spacial score (nSPS) is 14.1. The first-order valence-corrected chi connectivity index (χ1v) is 7.08. The molecule has 22 heavy (non-hydrogen) atoms. The molecule has 2 heterocycles. The average Bonchev–Trinajstić information content (AvgIpc) is 3.03. The Kier molecular flexibility index (Phi) is 3.86. The summed E-state index contributed by atoms with van der Waals surface area (Å²) in [6.45, 7) is 1.50. The Labute approximate surface area is 127 Å². The van der Waals surface area contributed by atoms with E-state index in [1.165, 1.54) is 18.3 Å². The highest BCUT2D eigenvalue weighted by molar-refractivity contribution is 5.90. The Morgan fingerprint density at radius 1 is 1.27 bits per heavy atom. The van der Waals surface area contributed by atoms with Crippen LogP contribution in [0.1, 0.15) is 12.8 Å². The monoisotopic (exact) mass is 301 g/mol. The summed E-state index contributed by atoms with van der Waals surface area (Å²) in [5.74, 6) is -0.360. The molecule has 114 valence electrons. The van der Waals surface area contributed by atoms with Crippen molar-refractivity contribution in [3.63, 3.8) is 0 Å². The molecule has 1 aliphatic rings. The minimum Gasteiger partial charge on any atom is -0.368 e. The first-order valence-electron chi connectivity index (χ1n) is 7.08. The van der Waals surface area contributed by atoms with Crippen LogP contribution in [-0.4, -0.2) is 34.0 Å². The summed E-state index contributed by atoms with van der Waals surface area (Å²) >= 11 is 0. The minimum atomic E-state index is -0.433. The van der Waals surface area contributed by atoms with Gasteiger partial charge < -0.3 is 16.0 Å². The maximum atomic E-state index is 14.0. The van der Waals surface area contributed by atoms with Gasteiger partial charge in [-0.25, -0.2) is 19.2 Å². The lowest BCUT2D eigenvalue weighted by atomic mass is 10.1. The molecule has 2 amide bonds. The quantitative estimate of drug-likeness (QED) is 0.892. The van der Waals surface area contributed by atoms with E-state index in [2.05, 4.69) is 15.3 Å². The number of hydrogen-bond acceptors (Lipinski definition) is 4. The van der Waals surface area contributed by atoms with E-state index in [0.29, 0.717) is 11.4 Å². The molecule has 0 unspecified atom stereocenters. The second kappa shape index (κ2) is 5.97. The van der Waals surface area contributed by atoms with Crippen LogP contribution in [-0.2, 0) is 0 Å². The fourth-order valence-corrected chi connectivity index (χ4v) is 2.45.